The summed E-state index contributed by atoms with van der Waals surface area (Å²) in [6.45, 7) is 27.8. The Morgan fingerprint density at radius 1 is 0.732 bits per heavy atom. The van der Waals surface area contributed by atoms with Gasteiger partial charge in [0.1, 0.15) is 22.9 Å². The van der Waals surface area contributed by atoms with Crippen molar-refractivity contribution in [1.29, 1.82) is 0 Å². The minimum atomic E-state index is -1.93. The minimum absolute atomic E-state index is 0. The molecular weight excluding hydrogens is 872 g/mol. The zero-order valence-electron chi connectivity index (χ0n) is 36.9. The van der Waals surface area contributed by atoms with Crippen molar-refractivity contribution >= 4 is 27.7 Å². The van der Waals surface area contributed by atoms with Gasteiger partial charge in [-0.3, -0.25) is 9.98 Å². The molecule has 6 nitrogen and oxygen atoms in total. The maximum absolute atomic E-state index is 9.54. The third-order valence-electron chi connectivity index (χ3n) is 11.5. The molecule has 0 unspecified atom stereocenters. The van der Waals surface area contributed by atoms with Crippen LogP contribution in [0.4, 0.5) is 0 Å². The van der Waals surface area contributed by atoms with Crippen molar-refractivity contribution in [3.8, 4) is 17.3 Å². The molecule has 0 spiro atoms. The van der Waals surface area contributed by atoms with Crippen LogP contribution in [0.25, 0.3) is 27.6 Å². The van der Waals surface area contributed by atoms with E-state index in [-0.39, 0.29) is 37.3 Å². The number of nitrogens with zero attached hydrogens (tertiary/aromatic N) is 4. The average Bonchev–Trinajstić information content (AvgIpc) is 3.68. The van der Waals surface area contributed by atoms with E-state index in [9.17, 15) is 2.74 Å². The fourth-order valence-electron chi connectivity index (χ4n) is 8.16. The first-order valence-corrected chi connectivity index (χ1v) is 19.4. The molecule has 0 saturated carbocycles. The standard InChI is InChI=1S/C49H54N4O2.Pt/c1-44(2,3)31-16-19-40-37(26-31)36-18-17-34(28-41(36)53(40)42-27-32(20-22-51-42)45(4,5)6)54-35-24-30(23-33(25-35)46(7,8)9)43-52-48(13)38-15-14-21-50-39(38)29-49(48,55-43)47(10,11)12;/h14-23,25-27H,29H2,1-13H3;/q-2;+2/t48-,49-;/m1./s1/i29D2;. The van der Waals surface area contributed by atoms with Crippen molar-refractivity contribution in [3.63, 3.8) is 0 Å². The Morgan fingerprint density at radius 2 is 1.43 bits per heavy atom. The summed E-state index contributed by atoms with van der Waals surface area (Å²) in [5.74, 6) is 2.17. The van der Waals surface area contributed by atoms with Crippen LogP contribution in [0.15, 0.2) is 84.1 Å². The number of fused-ring (bicyclic) bond motifs is 6. The molecule has 6 aromatic rings. The Hall–Kier alpha value is -4.28. The predicted octanol–water partition coefficient (Wildman–Crippen LogP) is 11.9. The predicted molar refractivity (Wildman–Crippen MR) is 224 cm³/mol. The van der Waals surface area contributed by atoms with E-state index in [0.717, 1.165) is 38.8 Å². The summed E-state index contributed by atoms with van der Waals surface area (Å²) in [6, 6.07) is 30.0. The van der Waals surface area contributed by atoms with Crippen molar-refractivity contribution in [1.82, 2.24) is 14.5 Å². The molecule has 56 heavy (non-hydrogen) atoms. The van der Waals surface area contributed by atoms with E-state index in [4.69, 9.17) is 19.5 Å². The Balaban J connectivity index is 0.00000512. The molecule has 0 bridgehead atoms. The monoisotopic (exact) mass is 927 g/mol. The van der Waals surface area contributed by atoms with Crippen LogP contribution in [-0.4, -0.2) is 26.0 Å². The van der Waals surface area contributed by atoms with Gasteiger partial charge in [-0.1, -0.05) is 124 Å². The number of hydrogen-bond acceptors (Lipinski definition) is 5. The summed E-state index contributed by atoms with van der Waals surface area (Å²) in [7, 11) is 0. The smallest absolute Gasteiger partial charge is 0.510 e. The molecule has 3 aromatic carbocycles. The number of pyridine rings is 2. The van der Waals surface area contributed by atoms with E-state index in [0.29, 0.717) is 28.7 Å². The Labute approximate surface area is 350 Å². The van der Waals surface area contributed by atoms with E-state index in [1.165, 1.54) is 11.1 Å². The molecule has 2 atom stereocenters. The summed E-state index contributed by atoms with van der Waals surface area (Å²) in [5, 5.41) is 2.19. The zero-order chi connectivity index (χ0) is 41.3. The van der Waals surface area contributed by atoms with Gasteiger partial charge in [0.2, 0.25) is 0 Å². The number of ether oxygens (including phenoxy) is 2. The second-order valence-corrected chi connectivity index (χ2v) is 19.6. The molecule has 4 heterocycles. The van der Waals surface area contributed by atoms with E-state index in [1.54, 1.807) is 6.20 Å². The second kappa shape index (κ2) is 13.1. The van der Waals surface area contributed by atoms with Crippen LogP contribution in [0.1, 0.15) is 126 Å². The second-order valence-electron chi connectivity index (χ2n) is 19.6. The fraction of sp³-hybridized carbons (Fsp3) is 0.408. The number of benzene rings is 3. The van der Waals surface area contributed by atoms with Crippen molar-refractivity contribution in [2.45, 2.75) is 124 Å². The molecule has 0 fully saturated rings. The van der Waals surface area contributed by atoms with Gasteiger partial charge in [-0.2, -0.15) is 6.07 Å². The molecule has 1 aliphatic carbocycles. The summed E-state index contributed by atoms with van der Waals surface area (Å²) < 4.78 is 35.0. The van der Waals surface area contributed by atoms with Crippen LogP contribution in [0.2, 0.25) is 0 Å². The molecule has 1 aliphatic heterocycles. The van der Waals surface area contributed by atoms with Gasteiger partial charge in [-0.05, 0) is 63.9 Å². The van der Waals surface area contributed by atoms with Crippen LogP contribution >= 0.6 is 0 Å². The van der Waals surface area contributed by atoms with Gasteiger partial charge in [0.15, 0.2) is 0 Å². The number of aliphatic imine (C=N–C) groups is 1. The van der Waals surface area contributed by atoms with Gasteiger partial charge in [0.25, 0.3) is 0 Å². The Bertz CT molecular complexity index is 2640. The summed E-state index contributed by atoms with van der Waals surface area (Å²) in [4.78, 5) is 14.7. The topological polar surface area (TPSA) is 61.5 Å². The molecule has 0 N–H and O–H groups in total. The molecule has 0 amide bonds. The molecular formula is C49H54N4O2Pt. The Kier molecular flexibility index (Phi) is 8.75. The zero-order valence-corrected chi connectivity index (χ0v) is 37.2. The van der Waals surface area contributed by atoms with Gasteiger partial charge >= 0.3 is 21.1 Å². The maximum atomic E-state index is 9.54. The van der Waals surface area contributed by atoms with Crippen molar-refractivity contribution in [2.24, 2.45) is 10.4 Å². The summed E-state index contributed by atoms with van der Waals surface area (Å²) >= 11 is 0. The van der Waals surface area contributed by atoms with Gasteiger partial charge < -0.3 is 14.0 Å². The fourth-order valence-corrected chi connectivity index (χ4v) is 8.16. The van der Waals surface area contributed by atoms with Crippen LogP contribution in [0.5, 0.6) is 11.5 Å². The molecule has 8 rings (SSSR count). The molecule has 7 heteroatoms. The van der Waals surface area contributed by atoms with Crippen molar-refractivity contribution in [2.75, 3.05) is 0 Å². The summed E-state index contributed by atoms with van der Waals surface area (Å²) in [5.41, 5.74) is 3.65. The van der Waals surface area contributed by atoms with E-state index < -0.39 is 22.9 Å². The Morgan fingerprint density at radius 3 is 2.11 bits per heavy atom. The first kappa shape index (κ1) is 37.3. The maximum Gasteiger partial charge on any atom is 2.00 e. The van der Waals surface area contributed by atoms with Gasteiger partial charge in [0.05, 0.1) is 5.69 Å². The van der Waals surface area contributed by atoms with Crippen molar-refractivity contribution in [3.05, 3.63) is 125 Å². The van der Waals surface area contributed by atoms with Crippen LogP contribution in [-0.2, 0) is 54.0 Å². The van der Waals surface area contributed by atoms with Crippen LogP contribution in [0, 0.1) is 17.5 Å². The largest absolute Gasteiger partial charge is 2.00 e. The SMILES string of the molecule is [2H]C1([2H])c2ncccc2[C@@]2(C)N=C(c3[c-]c(Oc4[c-]c5c(cc4)c4cc(C(C)(C)C)ccc4n5-c4cc(C(C)(C)C)ccn4)cc(C(C)(C)C)c3)O[C@@]12C(C)(C)C.[Pt+2]. The van der Waals surface area contributed by atoms with Gasteiger partial charge in [0, 0.05) is 49.5 Å². The first-order chi connectivity index (χ1) is 26.4. The number of rotatable bonds is 4. The third kappa shape index (κ3) is 6.41. The molecule has 0 radical (unpaired) electrons. The minimum Gasteiger partial charge on any atom is -0.510 e. The van der Waals surface area contributed by atoms with Gasteiger partial charge in [-0.25, -0.2) is 4.98 Å². The van der Waals surface area contributed by atoms with E-state index in [1.807, 2.05) is 64.2 Å². The van der Waals surface area contributed by atoms with E-state index in [2.05, 4.69) is 120 Å². The average molecular weight is 928 g/mol. The van der Waals surface area contributed by atoms with Crippen LogP contribution in [0.3, 0.4) is 0 Å². The molecule has 3 aromatic heterocycles. The molecule has 0 saturated heterocycles. The summed E-state index contributed by atoms with van der Waals surface area (Å²) in [6.07, 6.45) is 1.60. The number of aromatic nitrogens is 3. The molecule has 2 aliphatic rings. The normalized spacial score (nSPS) is 21.1. The quantitative estimate of drug-likeness (QED) is 0.165. The van der Waals surface area contributed by atoms with Gasteiger partial charge in [-0.15, -0.1) is 29.1 Å². The third-order valence-corrected chi connectivity index (χ3v) is 11.5. The molecule has 292 valence electrons. The van der Waals surface area contributed by atoms with Crippen molar-refractivity contribution < 1.29 is 33.3 Å². The van der Waals surface area contributed by atoms with E-state index >= 15 is 0 Å². The first-order valence-electron chi connectivity index (χ1n) is 20.4. The number of hydrogen-bond donors (Lipinski definition) is 0. The van der Waals surface area contributed by atoms with Crippen LogP contribution < -0.4 is 4.74 Å².